The van der Waals surface area contributed by atoms with Gasteiger partial charge in [0.25, 0.3) is 0 Å². The Kier molecular flexibility index (Phi) is 3.99. The third-order valence-corrected chi connectivity index (χ3v) is 4.22. The SMILES string of the molecule is O=C(O)C(Cn1cc(I)cn1)(NC1CC1)c1ccccc1. The molecule has 0 amide bonds. The quantitative estimate of drug-likeness (QED) is 0.734. The molecule has 2 N–H and O–H groups in total. The van der Waals surface area contributed by atoms with Crippen LogP contribution in [0.2, 0.25) is 0 Å². The van der Waals surface area contributed by atoms with Crippen LogP contribution in [0.5, 0.6) is 0 Å². The number of carboxylic acids is 1. The van der Waals surface area contributed by atoms with Crippen LogP contribution >= 0.6 is 22.6 Å². The summed E-state index contributed by atoms with van der Waals surface area (Å²) in [5.41, 5.74) is -0.382. The van der Waals surface area contributed by atoms with Gasteiger partial charge < -0.3 is 5.11 Å². The molecule has 0 spiro atoms. The normalized spacial score (nSPS) is 17.4. The van der Waals surface area contributed by atoms with Gasteiger partial charge in [0.2, 0.25) is 0 Å². The number of hydrogen-bond acceptors (Lipinski definition) is 3. The molecule has 6 heteroatoms. The van der Waals surface area contributed by atoms with E-state index in [4.69, 9.17) is 0 Å². The van der Waals surface area contributed by atoms with Gasteiger partial charge in [-0.05, 0) is 41.0 Å². The van der Waals surface area contributed by atoms with Crippen LogP contribution in [-0.2, 0) is 16.9 Å². The molecule has 2 aromatic rings. The second-order valence-corrected chi connectivity index (χ2v) is 6.60. The molecule has 1 atom stereocenters. The van der Waals surface area contributed by atoms with Crippen molar-refractivity contribution in [3.8, 4) is 0 Å². The fourth-order valence-corrected chi connectivity index (χ4v) is 2.89. The Labute approximate surface area is 136 Å². The summed E-state index contributed by atoms with van der Waals surface area (Å²) >= 11 is 2.17. The maximum absolute atomic E-state index is 12.1. The van der Waals surface area contributed by atoms with Crippen molar-refractivity contribution in [1.29, 1.82) is 0 Å². The lowest BCUT2D eigenvalue weighted by Crippen LogP contribution is -2.53. The summed E-state index contributed by atoms with van der Waals surface area (Å²) in [7, 11) is 0. The van der Waals surface area contributed by atoms with Crippen LogP contribution in [-0.4, -0.2) is 26.9 Å². The van der Waals surface area contributed by atoms with Crippen LogP contribution in [0.15, 0.2) is 42.7 Å². The first kappa shape index (κ1) is 14.5. The van der Waals surface area contributed by atoms with E-state index in [1.807, 2.05) is 36.5 Å². The number of rotatable bonds is 6. The van der Waals surface area contributed by atoms with E-state index in [-0.39, 0.29) is 12.6 Å². The molecule has 0 bridgehead atoms. The number of benzene rings is 1. The molecule has 0 saturated heterocycles. The minimum atomic E-state index is -1.14. The van der Waals surface area contributed by atoms with Gasteiger partial charge in [-0.15, -0.1) is 0 Å². The topological polar surface area (TPSA) is 67.1 Å². The Morgan fingerprint density at radius 1 is 1.43 bits per heavy atom. The molecule has 3 rings (SSSR count). The number of carbonyl (C=O) groups is 1. The summed E-state index contributed by atoms with van der Waals surface area (Å²) < 4.78 is 2.68. The minimum absolute atomic E-state index is 0.270. The van der Waals surface area contributed by atoms with Crippen LogP contribution < -0.4 is 5.32 Å². The number of nitrogens with zero attached hydrogens (tertiary/aromatic N) is 2. The number of halogens is 1. The molecule has 110 valence electrons. The summed E-state index contributed by atoms with van der Waals surface area (Å²) in [5.74, 6) is -0.869. The molecule has 1 heterocycles. The van der Waals surface area contributed by atoms with Gasteiger partial charge in [-0.2, -0.15) is 5.10 Å². The second-order valence-electron chi connectivity index (χ2n) is 5.35. The van der Waals surface area contributed by atoms with E-state index in [1.165, 1.54) is 0 Å². The number of hydrogen-bond donors (Lipinski definition) is 2. The van der Waals surface area contributed by atoms with Gasteiger partial charge in [-0.3, -0.25) is 10.00 Å². The molecule has 0 radical (unpaired) electrons. The van der Waals surface area contributed by atoms with Crippen molar-refractivity contribution in [2.24, 2.45) is 0 Å². The van der Waals surface area contributed by atoms with Crippen molar-refractivity contribution in [3.05, 3.63) is 51.9 Å². The van der Waals surface area contributed by atoms with Gasteiger partial charge in [0.1, 0.15) is 0 Å². The molecule has 1 saturated carbocycles. The zero-order valence-corrected chi connectivity index (χ0v) is 13.5. The summed E-state index contributed by atoms with van der Waals surface area (Å²) in [5, 5.41) is 17.5. The molecule has 5 nitrogen and oxygen atoms in total. The van der Waals surface area contributed by atoms with Crippen LogP contribution in [0.25, 0.3) is 0 Å². The monoisotopic (exact) mass is 397 g/mol. The van der Waals surface area contributed by atoms with E-state index < -0.39 is 11.5 Å². The molecule has 1 aliphatic carbocycles. The second kappa shape index (κ2) is 5.76. The Balaban J connectivity index is 2.00. The van der Waals surface area contributed by atoms with Gasteiger partial charge in [0.05, 0.1) is 16.3 Å². The predicted molar refractivity (Wildman–Crippen MR) is 86.9 cm³/mol. The Morgan fingerprint density at radius 2 is 2.14 bits per heavy atom. The van der Waals surface area contributed by atoms with Crippen molar-refractivity contribution >= 4 is 28.6 Å². The van der Waals surface area contributed by atoms with Gasteiger partial charge >= 0.3 is 5.97 Å². The molecule has 0 aliphatic heterocycles. The average molecular weight is 397 g/mol. The summed E-state index contributed by atoms with van der Waals surface area (Å²) in [4.78, 5) is 12.1. The lowest BCUT2D eigenvalue weighted by molar-refractivity contribution is -0.146. The highest BCUT2D eigenvalue weighted by Gasteiger charge is 2.44. The van der Waals surface area contributed by atoms with E-state index >= 15 is 0 Å². The maximum atomic E-state index is 12.1. The Bertz CT molecular complexity index is 639. The zero-order chi connectivity index (χ0) is 14.9. The molecule has 1 aliphatic rings. The predicted octanol–water partition coefficient (Wildman–Crippen LogP) is 2.22. The summed E-state index contributed by atoms with van der Waals surface area (Å²) in [6.45, 7) is 0.270. The lowest BCUT2D eigenvalue weighted by Gasteiger charge is -2.31. The van der Waals surface area contributed by atoms with Gasteiger partial charge in [0.15, 0.2) is 5.54 Å². The fourth-order valence-electron chi connectivity index (χ4n) is 2.44. The smallest absolute Gasteiger partial charge is 0.330 e. The van der Waals surface area contributed by atoms with Crippen molar-refractivity contribution < 1.29 is 9.90 Å². The third kappa shape index (κ3) is 3.11. The Morgan fingerprint density at radius 3 is 2.67 bits per heavy atom. The third-order valence-electron chi connectivity index (χ3n) is 3.66. The number of nitrogens with one attached hydrogen (secondary N) is 1. The van der Waals surface area contributed by atoms with E-state index in [9.17, 15) is 9.90 Å². The van der Waals surface area contributed by atoms with Gasteiger partial charge in [0, 0.05) is 12.2 Å². The van der Waals surface area contributed by atoms with Crippen molar-refractivity contribution in [2.45, 2.75) is 31.0 Å². The van der Waals surface area contributed by atoms with Crippen molar-refractivity contribution in [2.75, 3.05) is 0 Å². The highest BCUT2D eigenvalue weighted by atomic mass is 127. The standard InChI is InChI=1S/C15H16IN3O2/c16-12-8-17-19(9-12)10-15(14(20)21,18-13-6-7-13)11-4-2-1-3-5-11/h1-5,8-9,13,18H,6-7,10H2,(H,20,21). The first-order valence-electron chi connectivity index (χ1n) is 6.85. The highest BCUT2D eigenvalue weighted by molar-refractivity contribution is 14.1. The first-order chi connectivity index (χ1) is 10.1. The average Bonchev–Trinajstić information content (AvgIpc) is 3.20. The van der Waals surface area contributed by atoms with Crippen LogP contribution in [0.4, 0.5) is 0 Å². The lowest BCUT2D eigenvalue weighted by atomic mass is 9.89. The largest absolute Gasteiger partial charge is 0.480 e. The van der Waals surface area contributed by atoms with E-state index in [2.05, 4.69) is 33.0 Å². The molecule has 21 heavy (non-hydrogen) atoms. The zero-order valence-electron chi connectivity index (χ0n) is 11.4. The summed E-state index contributed by atoms with van der Waals surface area (Å²) in [6.07, 6.45) is 5.64. The molecule has 1 aromatic carbocycles. The molecular formula is C15H16IN3O2. The van der Waals surface area contributed by atoms with E-state index in [1.54, 1.807) is 10.9 Å². The summed E-state index contributed by atoms with van der Waals surface area (Å²) in [6, 6.07) is 9.62. The van der Waals surface area contributed by atoms with E-state index in [0.29, 0.717) is 0 Å². The fraction of sp³-hybridized carbons (Fsp3) is 0.333. The number of carboxylic acid groups (broad SMARTS) is 1. The minimum Gasteiger partial charge on any atom is -0.480 e. The number of aromatic nitrogens is 2. The molecule has 1 fully saturated rings. The van der Waals surface area contributed by atoms with Crippen LogP contribution in [0.3, 0.4) is 0 Å². The first-order valence-corrected chi connectivity index (χ1v) is 7.92. The van der Waals surface area contributed by atoms with Gasteiger partial charge in [-0.1, -0.05) is 30.3 Å². The van der Waals surface area contributed by atoms with Crippen molar-refractivity contribution in [3.63, 3.8) is 0 Å². The Hall–Kier alpha value is -1.41. The van der Waals surface area contributed by atoms with E-state index in [0.717, 1.165) is 22.0 Å². The molecule has 1 unspecified atom stereocenters. The van der Waals surface area contributed by atoms with Crippen molar-refractivity contribution in [1.82, 2.24) is 15.1 Å². The maximum Gasteiger partial charge on any atom is 0.330 e. The highest BCUT2D eigenvalue weighted by Crippen LogP contribution is 2.30. The van der Waals surface area contributed by atoms with Crippen LogP contribution in [0.1, 0.15) is 18.4 Å². The number of aliphatic carboxylic acids is 1. The van der Waals surface area contributed by atoms with Crippen LogP contribution in [0, 0.1) is 3.57 Å². The molecular weight excluding hydrogens is 381 g/mol. The molecule has 1 aromatic heterocycles. The van der Waals surface area contributed by atoms with Gasteiger partial charge in [-0.25, -0.2) is 4.79 Å².